The highest BCUT2D eigenvalue weighted by atomic mass is 15.0. The van der Waals surface area contributed by atoms with Crippen molar-refractivity contribution in [2.24, 2.45) is 0 Å². The Bertz CT molecular complexity index is 3320. The van der Waals surface area contributed by atoms with E-state index in [0.717, 1.165) is 16.9 Å². The number of para-hydroxylation sites is 3. The lowest BCUT2D eigenvalue weighted by Crippen LogP contribution is -1.95. The van der Waals surface area contributed by atoms with Crippen molar-refractivity contribution >= 4 is 92.5 Å². The Kier molecular flexibility index (Phi) is 4.69. The van der Waals surface area contributed by atoms with Crippen molar-refractivity contribution in [2.75, 3.05) is 0 Å². The lowest BCUT2D eigenvalue weighted by atomic mass is 10.00. The Balaban J connectivity index is 1.28. The Hall–Kier alpha value is -6.65. The largest absolute Gasteiger partial charge is 0.309 e. The SMILES string of the molecule is c1ccc(-n2c3ccc(-n4c5ccccc5c5c6c7ccc8ccccc8c7n7c8ccccc8c(cc54)c67)cc3c3ccncc32)cc1. The van der Waals surface area contributed by atoms with E-state index in [-0.39, 0.29) is 0 Å². The second-order valence-corrected chi connectivity index (χ2v) is 13.2. The second kappa shape index (κ2) is 9.03. The van der Waals surface area contributed by atoms with Crippen molar-refractivity contribution in [2.45, 2.75) is 0 Å². The number of pyridine rings is 1. The summed E-state index contributed by atoms with van der Waals surface area (Å²) >= 11 is 0. The highest BCUT2D eigenvalue weighted by molar-refractivity contribution is 6.37. The topological polar surface area (TPSA) is 27.2 Å². The average molecular weight is 623 g/mol. The molecular formula is C45H26N4. The first-order chi connectivity index (χ1) is 24.3. The molecule has 0 spiro atoms. The molecule has 0 saturated heterocycles. The number of hydrogen-bond donors (Lipinski definition) is 0. The van der Waals surface area contributed by atoms with Crippen LogP contribution in [0.5, 0.6) is 0 Å². The molecule has 0 amide bonds. The minimum Gasteiger partial charge on any atom is -0.309 e. The van der Waals surface area contributed by atoms with Gasteiger partial charge in [-0.15, -0.1) is 0 Å². The molecule has 0 unspecified atom stereocenters. The molecule has 0 aliphatic rings. The highest BCUT2D eigenvalue weighted by Gasteiger charge is 2.25. The quantitative estimate of drug-likeness (QED) is 0.188. The maximum absolute atomic E-state index is 4.53. The summed E-state index contributed by atoms with van der Waals surface area (Å²) in [6, 6.07) is 53.4. The van der Waals surface area contributed by atoms with E-state index in [0.29, 0.717) is 0 Å². The van der Waals surface area contributed by atoms with Crippen LogP contribution in [0.25, 0.3) is 104 Å². The van der Waals surface area contributed by atoms with Crippen LogP contribution in [0.4, 0.5) is 0 Å². The maximum atomic E-state index is 4.53. The van der Waals surface area contributed by atoms with Crippen LogP contribution in [0.1, 0.15) is 0 Å². The molecule has 0 radical (unpaired) electrons. The first-order valence-corrected chi connectivity index (χ1v) is 16.8. The van der Waals surface area contributed by atoms with Gasteiger partial charge in [-0.3, -0.25) is 4.98 Å². The summed E-state index contributed by atoms with van der Waals surface area (Å²) in [4.78, 5) is 4.53. The zero-order chi connectivity index (χ0) is 31.8. The van der Waals surface area contributed by atoms with Crippen molar-refractivity contribution in [1.29, 1.82) is 0 Å². The summed E-state index contributed by atoms with van der Waals surface area (Å²) in [6.07, 6.45) is 3.89. The summed E-state index contributed by atoms with van der Waals surface area (Å²) in [5.74, 6) is 0. The number of benzene rings is 7. The van der Waals surface area contributed by atoms with Crippen LogP contribution in [0, 0.1) is 0 Å². The smallest absolute Gasteiger partial charge is 0.0724 e. The Morgan fingerprint density at radius 2 is 1.08 bits per heavy atom. The molecule has 0 atom stereocenters. The minimum absolute atomic E-state index is 1.11. The molecule has 0 bridgehead atoms. The lowest BCUT2D eigenvalue weighted by molar-refractivity contribution is 1.16. The van der Waals surface area contributed by atoms with Crippen molar-refractivity contribution in [1.82, 2.24) is 18.5 Å². The molecule has 226 valence electrons. The van der Waals surface area contributed by atoms with Crippen molar-refractivity contribution < 1.29 is 0 Å². The molecule has 7 aromatic carbocycles. The van der Waals surface area contributed by atoms with Crippen LogP contribution in [0.15, 0.2) is 158 Å². The molecule has 12 aromatic rings. The Morgan fingerprint density at radius 3 is 1.98 bits per heavy atom. The van der Waals surface area contributed by atoms with Crippen molar-refractivity contribution in [3.63, 3.8) is 0 Å². The van der Waals surface area contributed by atoms with Crippen LogP contribution >= 0.6 is 0 Å². The third-order valence-corrected chi connectivity index (χ3v) is 10.8. The minimum atomic E-state index is 1.11. The summed E-state index contributed by atoms with van der Waals surface area (Å²) < 4.78 is 7.34. The van der Waals surface area contributed by atoms with Crippen molar-refractivity contribution in [3.8, 4) is 11.4 Å². The summed E-state index contributed by atoms with van der Waals surface area (Å²) in [7, 11) is 0. The molecule has 0 aliphatic carbocycles. The zero-order valence-electron chi connectivity index (χ0n) is 26.3. The fraction of sp³-hybridized carbons (Fsp3) is 0. The number of rotatable bonds is 2. The van der Waals surface area contributed by atoms with E-state index in [1.807, 2.05) is 12.4 Å². The van der Waals surface area contributed by atoms with E-state index < -0.39 is 0 Å². The second-order valence-electron chi connectivity index (χ2n) is 13.2. The molecule has 0 fully saturated rings. The van der Waals surface area contributed by atoms with Gasteiger partial charge in [0.05, 0.1) is 44.8 Å². The standard InChI is InChI=1S/C45H26N4/c1-2-11-28(12-3-1)47-39-21-19-29(24-35(39)32-22-23-46-26-41(32)47)48-38-17-9-7-15-33(38)42-40(48)25-36-31-14-6-8-16-37(31)49-44-30-13-5-4-10-27(30)18-20-34(44)43(42)45(36)49/h1-26H. The third-order valence-electron chi connectivity index (χ3n) is 10.8. The molecule has 4 nitrogen and oxygen atoms in total. The van der Waals surface area contributed by atoms with Gasteiger partial charge in [-0.05, 0) is 60.0 Å². The normalized spacial score (nSPS) is 12.5. The van der Waals surface area contributed by atoms with Gasteiger partial charge in [-0.25, -0.2) is 0 Å². The van der Waals surface area contributed by atoms with Gasteiger partial charge < -0.3 is 13.5 Å². The van der Waals surface area contributed by atoms with Gasteiger partial charge in [-0.2, -0.15) is 0 Å². The molecular weight excluding hydrogens is 597 g/mol. The van der Waals surface area contributed by atoms with Gasteiger partial charge in [0.1, 0.15) is 0 Å². The van der Waals surface area contributed by atoms with Gasteiger partial charge in [-0.1, -0.05) is 91.0 Å². The first kappa shape index (κ1) is 25.4. The molecule has 0 N–H and O–H groups in total. The number of nitrogens with zero attached hydrogens (tertiary/aromatic N) is 4. The summed E-state index contributed by atoms with van der Waals surface area (Å²) in [5, 5.41) is 12.7. The molecule has 0 saturated carbocycles. The van der Waals surface area contributed by atoms with Crippen LogP contribution in [-0.2, 0) is 0 Å². The average Bonchev–Trinajstić information content (AvgIpc) is 3.88. The predicted octanol–water partition coefficient (Wildman–Crippen LogP) is 11.6. The predicted molar refractivity (Wildman–Crippen MR) is 205 cm³/mol. The maximum Gasteiger partial charge on any atom is 0.0724 e. The van der Waals surface area contributed by atoms with Crippen LogP contribution < -0.4 is 0 Å². The number of fused-ring (bicyclic) bond motifs is 15. The van der Waals surface area contributed by atoms with E-state index in [1.54, 1.807) is 0 Å². The Labute approximate surface area is 279 Å². The molecule has 4 heteroatoms. The fourth-order valence-electron chi connectivity index (χ4n) is 8.89. The molecule has 49 heavy (non-hydrogen) atoms. The van der Waals surface area contributed by atoms with E-state index in [4.69, 9.17) is 0 Å². The first-order valence-electron chi connectivity index (χ1n) is 16.8. The Morgan fingerprint density at radius 1 is 0.367 bits per heavy atom. The van der Waals surface area contributed by atoms with Gasteiger partial charge >= 0.3 is 0 Å². The molecule has 5 heterocycles. The third kappa shape index (κ3) is 3.12. The van der Waals surface area contributed by atoms with Gasteiger partial charge in [0, 0.05) is 66.0 Å². The van der Waals surface area contributed by atoms with Gasteiger partial charge in [0.25, 0.3) is 0 Å². The van der Waals surface area contributed by atoms with Gasteiger partial charge in [0.2, 0.25) is 0 Å². The number of hydrogen-bond acceptors (Lipinski definition) is 1. The summed E-state index contributed by atoms with van der Waals surface area (Å²) in [6.45, 7) is 0. The van der Waals surface area contributed by atoms with Crippen LogP contribution in [-0.4, -0.2) is 18.5 Å². The van der Waals surface area contributed by atoms with E-state index in [1.165, 1.54) is 87.0 Å². The van der Waals surface area contributed by atoms with Crippen molar-refractivity contribution in [3.05, 3.63) is 158 Å². The highest BCUT2D eigenvalue weighted by Crippen LogP contribution is 2.48. The fourth-order valence-corrected chi connectivity index (χ4v) is 8.89. The summed E-state index contributed by atoms with van der Waals surface area (Å²) in [5.41, 5.74) is 10.8. The van der Waals surface area contributed by atoms with Gasteiger partial charge in [0.15, 0.2) is 0 Å². The zero-order valence-corrected chi connectivity index (χ0v) is 26.3. The van der Waals surface area contributed by atoms with Crippen LogP contribution in [0.3, 0.4) is 0 Å². The number of aromatic nitrogens is 4. The molecule has 5 aromatic heterocycles. The molecule has 12 rings (SSSR count). The monoisotopic (exact) mass is 622 g/mol. The van der Waals surface area contributed by atoms with E-state index >= 15 is 0 Å². The van der Waals surface area contributed by atoms with Crippen LogP contribution in [0.2, 0.25) is 0 Å². The lowest BCUT2D eigenvalue weighted by Gasteiger charge is -2.10. The molecule has 0 aliphatic heterocycles. The van der Waals surface area contributed by atoms with E-state index in [2.05, 4.69) is 164 Å². The van der Waals surface area contributed by atoms with E-state index in [9.17, 15) is 0 Å².